The van der Waals surface area contributed by atoms with Gasteiger partial charge in [-0.1, -0.05) is 0 Å². The molecule has 1 unspecified atom stereocenters. The number of carboxylic acids is 1. The van der Waals surface area contributed by atoms with Gasteiger partial charge in [0.25, 0.3) is 17.6 Å². The summed E-state index contributed by atoms with van der Waals surface area (Å²) in [4.78, 5) is 51.7. The Kier molecular flexibility index (Phi) is 3.93. The Morgan fingerprint density at radius 2 is 2.12 bits per heavy atom. The van der Waals surface area contributed by atoms with Crippen molar-refractivity contribution in [2.24, 2.45) is 0 Å². The molecule has 2 amide bonds. The van der Waals surface area contributed by atoms with Crippen LogP contribution in [-0.2, 0) is 14.4 Å². The Labute approximate surface area is 142 Å². The van der Waals surface area contributed by atoms with Crippen molar-refractivity contribution in [1.29, 1.82) is 0 Å². The highest BCUT2D eigenvalue weighted by molar-refractivity contribution is 8.00. The molecule has 1 aromatic rings. The third-order valence-corrected chi connectivity index (χ3v) is 5.34. The number of Topliss-reactive ketones (excluding diaryl/α,β-unsaturated/α-hetero) is 1. The van der Waals surface area contributed by atoms with Crippen molar-refractivity contribution in [3.05, 3.63) is 22.5 Å². The van der Waals surface area contributed by atoms with Crippen LogP contribution >= 0.6 is 23.1 Å². The number of fused-ring (bicyclic) bond motifs is 1. The fraction of sp³-hybridized carbons (Fsp3) is 0.250. The Hall–Kier alpha value is -2.60. The van der Waals surface area contributed by atoms with Crippen molar-refractivity contribution in [2.45, 2.75) is 11.4 Å². The number of carbonyl (C=O) groups excluding carboxylic acids is 3. The number of nitrogens with one attached hydrogen (secondary N) is 1. The lowest BCUT2D eigenvalue weighted by Gasteiger charge is -2.48. The van der Waals surface area contributed by atoms with Crippen LogP contribution in [0.3, 0.4) is 0 Å². The molecule has 1 fully saturated rings. The lowest BCUT2D eigenvalue weighted by atomic mass is 10.0. The van der Waals surface area contributed by atoms with Gasteiger partial charge in [0, 0.05) is 5.38 Å². The number of anilines is 1. The van der Waals surface area contributed by atoms with E-state index in [0.29, 0.717) is 0 Å². The number of nitrogens with zero attached hydrogens (tertiary/aromatic N) is 2. The molecule has 0 bridgehead atoms. The molecule has 2 atom stereocenters. The zero-order chi connectivity index (χ0) is 17.6. The molecule has 5 N–H and O–H groups in total. The van der Waals surface area contributed by atoms with E-state index in [0.717, 1.165) is 28.0 Å². The average Bonchev–Trinajstić information content (AvgIpc) is 2.97. The molecule has 3 rings (SSSR count). The number of hydrogen-bond acceptors (Lipinski definition) is 9. The third kappa shape index (κ3) is 2.49. The monoisotopic (exact) mass is 370 g/mol. The number of aliphatic hydroxyl groups excluding tert-OH is 1. The van der Waals surface area contributed by atoms with E-state index in [-0.39, 0.29) is 16.6 Å². The molecule has 1 aromatic heterocycles. The molecule has 3 heterocycles. The predicted molar refractivity (Wildman–Crippen MR) is 83.2 cm³/mol. The Morgan fingerprint density at radius 3 is 2.71 bits per heavy atom. The van der Waals surface area contributed by atoms with Crippen molar-refractivity contribution < 1.29 is 29.4 Å². The van der Waals surface area contributed by atoms with Crippen LogP contribution in [0.4, 0.5) is 5.13 Å². The van der Waals surface area contributed by atoms with E-state index in [1.165, 1.54) is 5.38 Å². The molecule has 0 aliphatic carbocycles. The van der Waals surface area contributed by atoms with Crippen molar-refractivity contribution in [1.82, 2.24) is 15.2 Å². The van der Waals surface area contributed by atoms with Gasteiger partial charge < -0.3 is 21.3 Å². The molecule has 0 radical (unpaired) electrons. The van der Waals surface area contributed by atoms with E-state index in [9.17, 15) is 24.3 Å². The van der Waals surface area contributed by atoms with Crippen LogP contribution in [-0.4, -0.2) is 60.8 Å². The zero-order valence-electron chi connectivity index (χ0n) is 11.8. The summed E-state index contributed by atoms with van der Waals surface area (Å²) < 4.78 is 0. The zero-order valence-corrected chi connectivity index (χ0v) is 13.4. The first-order valence-corrected chi connectivity index (χ1v) is 8.40. The second-order valence-corrected chi connectivity index (χ2v) is 6.86. The summed E-state index contributed by atoms with van der Waals surface area (Å²) in [5.41, 5.74) is 4.76. The standard InChI is InChI=1S/C12H10N4O6S2/c13-12-14-3(1-24-12)7(18)8(19)15-5-9(20)16-6(11(21)22)4(17)2-23-10(5)16/h1,5,10,17H,2H2,(H2,13,14)(H,15,19)(H,21,22)/t5?,10-/m0/s1. The first-order chi connectivity index (χ1) is 11.3. The SMILES string of the molecule is Nc1nc(C(=O)C(=O)NC2C(=O)N3C(C(=O)O)=C(O)CS[C@@H]23)cs1. The topological polar surface area (TPSA) is 163 Å². The number of aromatic nitrogens is 1. The smallest absolute Gasteiger partial charge is 0.356 e. The normalized spacial score (nSPS) is 22.7. The van der Waals surface area contributed by atoms with Gasteiger partial charge in [-0.15, -0.1) is 23.1 Å². The van der Waals surface area contributed by atoms with Gasteiger partial charge in [-0.25, -0.2) is 9.78 Å². The number of thiazole rings is 1. The average molecular weight is 370 g/mol. The van der Waals surface area contributed by atoms with Gasteiger partial charge in [0.2, 0.25) is 0 Å². The molecule has 0 saturated carbocycles. The van der Waals surface area contributed by atoms with Crippen molar-refractivity contribution in [3.8, 4) is 0 Å². The fourth-order valence-corrected chi connectivity index (χ4v) is 4.06. The van der Waals surface area contributed by atoms with Crippen LogP contribution in [0.25, 0.3) is 0 Å². The number of carboxylic acid groups (broad SMARTS) is 1. The summed E-state index contributed by atoms with van der Waals surface area (Å²) in [7, 11) is 0. The van der Waals surface area contributed by atoms with Gasteiger partial charge in [-0.2, -0.15) is 0 Å². The van der Waals surface area contributed by atoms with Gasteiger partial charge in [-0.05, 0) is 0 Å². The first-order valence-electron chi connectivity index (χ1n) is 6.47. The summed E-state index contributed by atoms with van der Waals surface area (Å²) in [6.07, 6.45) is 0. The highest BCUT2D eigenvalue weighted by atomic mass is 32.2. The highest BCUT2D eigenvalue weighted by Crippen LogP contribution is 2.39. The molecule has 2 aliphatic rings. The van der Waals surface area contributed by atoms with Crippen LogP contribution in [0.2, 0.25) is 0 Å². The highest BCUT2D eigenvalue weighted by Gasteiger charge is 2.54. The molecule has 2 aliphatic heterocycles. The summed E-state index contributed by atoms with van der Waals surface area (Å²) >= 11 is 2.08. The van der Waals surface area contributed by atoms with Gasteiger partial charge >= 0.3 is 5.97 Å². The lowest BCUT2D eigenvalue weighted by Crippen LogP contribution is -2.71. The number of carbonyl (C=O) groups is 4. The summed E-state index contributed by atoms with van der Waals surface area (Å²) in [5, 5.41) is 21.7. The van der Waals surface area contributed by atoms with Crippen molar-refractivity contribution >= 4 is 51.8 Å². The second kappa shape index (κ2) is 5.79. The number of aliphatic hydroxyl groups is 1. The fourth-order valence-electron chi connectivity index (χ4n) is 2.32. The number of nitrogen functional groups attached to an aromatic ring is 1. The summed E-state index contributed by atoms with van der Waals surface area (Å²) in [6, 6.07) is -1.05. The van der Waals surface area contributed by atoms with E-state index in [2.05, 4.69) is 10.3 Å². The summed E-state index contributed by atoms with van der Waals surface area (Å²) in [6.45, 7) is 0. The van der Waals surface area contributed by atoms with Gasteiger partial charge in [0.1, 0.15) is 22.9 Å². The number of hydrogen-bond donors (Lipinski definition) is 4. The second-order valence-electron chi connectivity index (χ2n) is 4.86. The van der Waals surface area contributed by atoms with Crippen LogP contribution < -0.4 is 11.1 Å². The Morgan fingerprint density at radius 1 is 1.42 bits per heavy atom. The number of rotatable bonds is 4. The number of ketones is 1. The maximum atomic E-state index is 12.1. The maximum absolute atomic E-state index is 12.1. The molecule has 0 aromatic carbocycles. The van der Waals surface area contributed by atoms with Crippen molar-refractivity contribution in [2.75, 3.05) is 11.5 Å². The Bertz CT molecular complexity index is 803. The van der Waals surface area contributed by atoms with E-state index in [1.54, 1.807) is 0 Å². The van der Waals surface area contributed by atoms with Crippen LogP contribution in [0.1, 0.15) is 10.5 Å². The number of β-lactam (4-membered cyclic amide) rings is 1. The van der Waals surface area contributed by atoms with E-state index in [1.807, 2.05) is 0 Å². The molecular weight excluding hydrogens is 360 g/mol. The van der Waals surface area contributed by atoms with Crippen molar-refractivity contribution in [3.63, 3.8) is 0 Å². The minimum absolute atomic E-state index is 0.0149. The molecule has 12 heteroatoms. The minimum atomic E-state index is -1.44. The van der Waals surface area contributed by atoms with Crippen LogP contribution in [0.5, 0.6) is 0 Å². The van der Waals surface area contributed by atoms with Gasteiger partial charge in [0.15, 0.2) is 10.8 Å². The first kappa shape index (κ1) is 16.3. The van der Waals surface area contributed by atoms with Gasteiger partial charge in [0.05, 0.1) is 5.75 Å². The summed E-state index contributed by atoms with van der Waals surface area (Å²) in [5.74, 6) is -4.56. The van der Waals surface area contributed by atoms with Crippen LogP contribution in [0, 0.1) is 0 Å². The lowest BCUT2D eigenvalue weighted by molar-refractivity contribution is -0.150. The molecule has 24 heavy (non-hydrogen) atoms. The number of amides is 2. The van der Waals surface area contributed by atoms with E-state index >= 15 is 0 Å². The maximum Gasteiger partial charge on any atom is 0.356 e. The predicted octanol–water partition coefficient (Wildman–Crippen LogP) is -0.838. The number of nitrogens with two attached hydrogens (primary N) is 1. The molecule has 1 saturated heterocycles. The quantitative estimate of drug-likeness (QED) is 0.301. The molecular formula is C12H10N4O6S2. The molecule has 10 nitrogen and oxygen atoms in total. The third-order valence-electron chi connectivity index (χ3n) is 3.40. The molecule has 126 valence electrons. The number of thioether (sulfide) groups is 1. The minimum Gasteiger partial charge on any atom is -0.509 e. The van der Waals surface area contributed by atoms with E-state index in [4.69, 9.17) is 10.8 Å². The van der Waals surface area contributed by atoms with Gasteiger partial charge in [-0.3, -0.25) is 19.3 Å². The number of aliphatic carboxylic acids is 1. The van der Waals surface area contributed by atoms with Crippen LogP contribution in [0.15, 0.2) is 16.8 Å². The Balaban J connectivity index is 1.72. The van der Waals surface area contributed by atoms with E-state index < -0.39 is 46.4 Å². The molecule has 0 spiro atoms. The largest absolute Gasteiger partial charge is 0.509 e.